The van der Waals surface area contributed by atoms with E-state index in [0.29, 0.717) is 40.4 Å². The maximum absolute atomic E-state index is 11.2. The van der Waals surface area contributed by atoms with Gasteiger partial charge in [0, 0.05) is 35.8 Å². The lowest BCUT2D eigenvalue weighted by atomic mass is 9.82. The minimum atomic E-state index is -0.598. The van der Waals surface area contributed by atoms with Gasteiger partial charge in [0.15, 0.2) is 11.6 Å². The van der Waals surface area contributed by atoms with Gasteiger partial charge in [-0.05, 0) is 106 Å². The van der Waals surface area contributed by atoms with E-state index in [0.717, 1.165) is 24.2 Å². The lowest BCUT2D eigenvalue weighted by Gasteiger charge is -2.26. The molecule has 14 heteroatoms. The largest absolute Gasteiger partial charge is 0.508 e. The molecule has 0 aliphatic heterocycles. The summed E-state index contributed by atoms with van der Waals surface area (Å²) in [5.41, 5.74) is 4.21. The summed E-state index contributed by atoms with van der Waals surface area (Å²) < 4.78 is 0. The number of anilines is 1. The van der Waals surface area contributed by atoms with Gasteiger partial charge >= 0.3 is 0 Å². The van der Waals surface area contributed by atoms with Crippen LogP contribution in [0.4, 0.5) is 5.69 Å². The fourth-order valence-corrected chi connectivity index (χ4v) is 4.87. The van der Waals surface area contributed by atoms with Crippen LogP contribution >= 0.6 is 0 Å². The highest BCUT2D eigenvalue weighted by atomic mass is 16.3. The summed E-state index contributed by atoms with van der Waals surface area (Å²) in [5.74, 6) is 0.530. The molecule has 0 aliphatic carbocycles. The van der Waals surface area contributed by atoms with Gasteiger partial charge in [-0.25, -0.2) is 0 Å². The molecule has 14 nitrogen and oxygen atoms in total. The molecule has 0 amide bonds. The number of aliphatic hydroxyl groups excluding tert-OH is 1. The Kier molecular flexibility index (Phi) is 9.30. The molecule has 0 saturated carbocycles. The first-order chi connectivity index (χ1) is 21.4. The third-order valence-corrected chi connectivity index (χ3v) is 7.00. The number of aryl methyl sites for hydroxylation is 2. The summed E-state index contributed by atoms with van der Waals surface area (Å²) in [5, 5.41) is 63.5. The smallest absolute Gasteiger partial charge is 0.173 e. The van der Waals surface area contributed by atoms with Crippen LogP contribution in [0.25, 0.3) is 0 Å². The van der Waals surface area contributed by atoms with Crippen molar-refractivity contribution in [1.29, 1.82) is 0 Å². The molecule has 0 bridgehead atoms. The zero-order valence-corrected chi connectivity index (χ0v) is 24.6. The van der Waals surface area contributed by atoms with Crippen molar-refractivity contribution in [2.45, 2.75) is 33.1 Å². The minimum Gasteiger partial charge on any atom is -0.508 e. The van der Waals surface area contributed by atoms with Crippen LogP contribution in [-0.4, -0.2) is 88.1 Å². The summed E-state index contributed by atoms with van der Waals surface area (Å²) in [6.45, 7) is 6.81. The van der Waals surface area contributed by atoms with Crippen molar-refractivity contribution in [3.05, 3.63) is 100 Å². The topological polar surface area (TPSA) is 176 Å². The van der Waals surface area contributed by atoms with Crippen LogP contribution in [0.5, 0.6) is 11.5 Å². The number of aromatic nitrogens is 8. The number of tetrazole rings is 2. The highest BCUT2D eigenvalue weighted by molar-refractivity contribution is 5.82. The molecule has 0 radical (unpaired) electrons. The number of aliphatic hydroxyl groups is 1. The minimum absolute atomic E-state index is 0.0134. The van der Waals surface area contributed by atoms with E-state index >= 15 is 0 Å². The summed E-state index contributed by atoms with van der Waals surface area (Å²) in [6, 6.07) is 18.2. The lowest BCUT2D eigenvalue weighted by Crippen LogP contribution is -2.27. The Morgan fingerprint density at radius 1 is 0.795 bits per heavy atom. The van der Waals surface area contributed by atoms with Gasteiger partial charge in [-0.15, -0.1) is 19.8 Å². The van der Waals surface area contributed by atoms with Crippen molar-refractivity contribution < 1.29 is 15.3 Å². The number of aromatic hydroxyl groups is 2. The van der Waals surface area contributed by atoms with Crippen LogP contribution < -0.4 is 4.90 Å². The van der Waals surface area contributed by atoms with E-state index < -0.39 is 5.92 Å². The number of phenolic OH excluding ortho intramolecular Hbond substituents is 2. The van der Waals surface area contributed by atoms with Crippen molar-refractivity contribution in [2.24, 2.45) is 10.2 Å². The second-order valence-electron chi connectivity index (χ2n) is 10.1. The molecular weight excluding hydrogens is 562 g/mol. The van der Waals surface area contributed by atoms with Gasteiger partial charge in [0.1, 0.15) is 11.5 Å². The van der Waals surface area contributed by atoms with E-state index in [1.54, 1.807) is 50.5 Å². The fourth-order valence-electron chi connectivity index (χ4n) is 4.87. The Morgan fingerprint density at radius 3 is 1.84 bits per heavy atom. The van der Waals surface area contributed by atoms with Gasteiger partial charge in [-0.1, -0.05) is 19.1 Å². The van der Waals surface area contributed by atoms with Crippen LogP contribution in [0.3, 0.4) is 0 Å². The van der Waals surface area contributed by atoms with Gasteiger partial charge in [0.2, 0.25) is 0 Å². The average Bonchev–Trinajstić information content (AvgIpc) is 3.64. The summed E-state index contributed by atoms with van der Waals surface area (Å²) in [6.07, 6.45) is 4.10. The van der Waals surface area contributed by atoms with Crippen molar-refractivity contribution in [2.75, 3.05) is 24.6 Å². The van der Waals surface area contributed by atoms with Gasteiger partial charge < -0.3 is 20.2 Å². The van der Waals surface area contributed by atoms with Crippen LogP contribution in [0.2, 0.25) is 0 Å². The first kappa shape index (κ1) is 30.0. The zero-order valence-electron chi connectivity index (χ0n) is 24.6. The monoisotopic (exact) mass is 595 g/mol. The van der Waals surface area contributed by atoms with Crippen molar-refractivity contribution in [1.82, 2.24) is 40.6 Å². The van der Waals surface area contributed by atoms with Crippen LogP contribution in [0.1, 0.15) is 58.7 Å². The molecular formula is C30H33N11O3. The van der Waals surface area contributed by atoms with Gasteiger partial charge in [-0.3, -0.25) is 0 Å². The number of hydrogen-bond donors (Lipinski definition) is 3. The molecule has 2 aromatic heterocycles. The molecule has 0 atom stereocenters. The van der Waals surface area contributed by atoms with Crippen molar-refractivity contribution >= 4 is 18.1 Å². The highest BCUT2D eigenvalue weighted by Crippen LogP contribution is 2.42. The van der Waals surface area contributed by atoms with E-state index in [9.17, 15) is 15.3 Å². The van der Waals surface area contributed by atoms with Crippen molar-refractivity contribution in [3.8, 4) is 11.5 Å². The second-order valence-corrected chi connectivity index (χ2v) is 10.1. The number of phenols is 2. The maximum atomic E-state index is 11.2. The van der Waals surface area contributed by atoms with E-state index in [1.807, 2.05) is 36.4 Å². The molecule has 5 rings (SSSR count). The van der Waals surface area contributed by atoms with Crippen LogP contribution in [0.15, 0.2) is 70.9 Å². The predicted octanol–water partition coefficient (Wildman–Crippen LogP) is 2.84. The second kappa shape index (κ2) is 13.6. The summed E-state index contributed by atoms with van der Waals surface area (Å²) >= 11 is 0. The molecule has 2 heterocycles. The molecule has 0 unspecified atom stereocenters. The Morgan fingerprint density at radius 2 is 1.36 bits per heavy atom. The van der Waals surface area contributed by atoms with E-state index in [4.69, 9.17) is 0 Å². The number of benzene rings is 3. The first-order valence-electron chi connectivity index (χ1n) is 14.1. The van der Waals surface area contributed by atoms with E-state index in [1.165, 1.54) is 9.58 Å². The Hall–Kier alpha value is -5.50. The Bertz CT molecular complexity index is 1670. The third kappa shape index (κ3) is 6.76. The number of hydrogen-bond acceptors (Lipinski definition) is 12. The quantitative estimate of drug-likeness (QED) is 0.144. The molecule has 0 saturated heterocycles. The van der Waals surface area contributed by atoms with Crippen molar-refractivity contribution in [3.63, 3.8) is 0 Å². The molecule has 0 fully saturated rings. The molecule has 44 heavy (non-hydrogen) atoms. The summed E-state index contributed by atoms with van der Waals surface area (Å²) in [7, 11) is 0. The standard InChI is InChI=1S/C30H33N11O3/c1-4-12-39(13-14-42)25-7-5-6-24(17-25)30(26-15-22(8-10-28(26)43)18-31-40-20(2)33-35-37-40)27-16-23(9-11-29(27)44)19-32-41-21(3)34-36-38-41/h5-11,15-19,30,42-44H,4,12-14H2,1-3H3/b31-18+,32-19+. The average molecular weight is 596 g/mol. The summed E-state index contributed by atoms with van der Waals surface area (Å²) in [4.78, 5) is 4.71. The predicted molar refractivity (Wildman–Crippen MR) is 164 cm³/mol. The van der Waals surface area contributed by atoms with E-state index in [-0.39, 0.29) is 18.1 Å². The normalized spacial score (nSPS) is 11.8. The Balaban J connectivity index is 1.64. The van der Waals surface area contributed by atoms with Gasteiger partial charge in [0.05, 0.1) is 19.0 Å². The SMILES string of the molecule is CCCN(CCO)c1cccc(C(c2cc(/C=N/n3nnnc3C)ccc2O)c2cc(/C=N/n3nnnc3C)ccc2O)c1. The maximum Gasteiger partial charge on any atom is 0.173 e. The Labute approximate surface area is 253 Å². The molecule has 226 valence electrons. The number of rotatable bonds is 12. The molecule has 3 N–H and O–H groups in total. The third-order valence-electron chi connectivity index (χ3n) is 7.00. The van der Waals surface area contributed by atoms with Gasteiger partial charge in [0.25, 0.3) is 0 Å². The van der Waals surface area contributed by atoms with E-state index in [2.05, 4.69) is 53.1 Å². The molecule has 3 aromatic carbocycles. The molecule has 0 spiro atoms. The molecule has 0 aliphatic rings. The lowest BCUT2D eigenvalue weighted by molar-refractivity contribution is 0.302. The fraction of sp³-hybridized carbons (Fsp3) is 0.267. The van der Waals surface area contributed by atoms with Gasteiger partial charge in [-0.2, -0.15) is 10.2 Å². The zero-order chi connectivity index (χ0) is 31.1. The number of nitrogens with zero attached hydrogens (tertiary/aromatic N) is 11. The molecule has 5 aromatic rings. The van der Waals surface area contributed by atoms with Crippen LogP contribution in [0, 0.1) is 13.8 Å². The van der Waals surface area contributed by atoms with Crippen LogP contribution in [-0.2, 0) is 0 Å². The first-order valence-corrected chi connectivity index (χ1v) is 14.1. The highest BCUT2D eigenvalue weighted by Gasteiger charge is 2.24.